The Morgan fingerprint density at radius 3 is 2.67 bits per heavy atom. The molecule has 0 saturated carbocycles. The van der Waals surface area contributed by atoms with Crippen molar-refractivity contribution in [1.82, 2.24) is 0 Å². The molecule has 0 unspecified atom stereocenters. The molecule has 110 valence electrons. The quantitative estimate of drug-likeness (QED) is 0.744. The van der Waals surface area contributed by atoms with Gasteiger partial charge in [-0.15, -0.1) is 11.8 Å². The van der Waals surface area contributed by atoms with E-state index >= 15 is 0 Å². The van der Waals surface area contributed by atoms with Crippen molar-refractivity contribution < 1.29 is 9.53 Å². The highest BCUT2D eigenvalue weighted by Crippen LogP contribution is 2.28. The Kier molecular flexibility index (Phi) is 5.56. The van der Waals surface area contributed by atoms with Crippen molar-refractivity contribution in [2.45, 2.75) is 4.90 Å². The van der Waals surface area contributed by atoms with Gasteiger partial charge in [-0.05, 0) is 58.6 Å². The molecule has 0 radical (unpaired) electrons. The van der Waals surface area contributed by atoms with Crippen LogP contribution in [0.1, 0.15) is 10.4 Å². The summed E-state index contributed by atoms with van der Waals surface area (Å²) < 4.78 is 6.06. The van der Waals surface area contributed by atoms with Gasteiger partial charge in [-0.25, -0.2) is 0 Å². The molecule has 2 aromatic rings. The molecular formula is C15H13BrClNO2S. The Morgan fingerprint density at radius 2 is 2.05 bits per heavy atom. The summed E-state index contributed by atoms with van der Waals surface area (Å²) >= 11 is 10.9. The van der Waals surface area contributed by atoms with Gasteiger partial charge in [0, 0.05) is 15.1 Å². The van der Waals surface area contributed by atoms with Gasteiger partial charge in [-0.3, -0.25) is 4.79 Å². The van der Waals surface area contributed by atoms with Crippen LogP contribution in [-0.4, -0.2) is 19.3 Å². The number of hydrogen-bond donors (Lipinski definition) is 1. The van der Waals surface area contributed by atoms with Crippen molar-refractivity contribution in [2.75, 3.05) is 18.7 Å². The second-order valence-electron chi connectivity index (χ2n) is 4.15. The van der Waals surface area contributed by atoms with Crippen molar-refractivity contribution in [3.63, 3.8) is 0 Å². The maximum Gasteiger partial charge on any atom is 0.259 e. The van der Waals surface area contributed by atoms with Crippen LogP contribution < -0.4 is 10.1 Å². The van der Waals surface area contributed by atoms with Crippen molar-refractivity contribution in [2.24, 2.45) is 0 Å². The van der Waals surface area contributed by atoms with Gasteiger partial charge in [0.15, 0.2) is 0 Å². The third-order valence-corrected chi connectivity index (χ3v) is 4.79. The lowest BCUT2D eigenvalue weighted by Crippen LogP contribution is -2.13. The van der Waals surface area contributed by atoms with Gasteiger partial charge < -0.3 is 10.1 Å². The number of benzene rings is 2. The van der Waals surface area contributed by atoms with E-state index in [9.17, 15) is 4.79 Å². The van der Waals surface area contributed by atoms with Crippen LogP contribution in [-0.2, 0) is 0 Å². The highest BCUT2D eigenvalue weighted by molar-refractivity contribution is 9.10. The van der Waals surface area contributed by atoms with Gasteiger partial charge in [0.2, 0.25) is 0 Å². The maximum atomic E-state index is 12.3. The van der Waals surface area contributed by atoms with Crippen LogP contribution in [0.25, 0.3) is 0 Å². The minimum Gasteiger partial charge on any atom is -0.496 e. The molecule has 0 fully saturated rings. The molecule has 0 aliphatic carbocycles. The van der Waals surface area contributed by atoms with E-state index in [4.69, 9.17) is 16.3 Å². The van der Waals surface area contributed by atoms with Crippen LogP contribution in [0.15, 0.2) is 45.8 Å². The monoisotopic (exact) mass is 385 g/mol. The third kappa shape index (κ3) is 3.93. The van der Waals surface area contributed by atoms with E-state index in [-0.39, 0.29) is 5.91 Å². The molecule has 0 atom stereocenters. The standard InChI is InChI=1S/C15H13BrClNO2S/c1-20-14-8-10(21-2)4-5-11(14)15(19)18-9-3-6-12(16)13(17)7-9/h3-8H,1-2H3,(H,18,19). The largest absolute Gasteiger partial charge is 0.496 e. The normalized spacial score (nSPS) is 10.3. The first-order valence-corrected chi connectivity index (χ1v) is 8.43. The third-order valence-electron chi connectivity index (χ3n) is 2.83. The average molecular weight is 387 g/mol. The van der Waals surface area contributed by atoms with Crippen molar-refractivity contribution >= 4 is 50.9 Å². The predicted molar refractivity (Wildman–Crippen MR) is 91.9 cm³/mol. The van der Waals surface area contributed by atoms with E-state index in [0.717, 1.165) is 9.37 Å². The van der Waals surface area contributed by atoms with E-state index in [1.165, 1.54) is 0 Å². The lowest BCUT2D eigenvalue weighted by atomic mass is 10.2. The highest BCUT2D eigenvalue weighted by Gasteiger charge is 2.13. The zero-order chi connectivity index (χ0) is 15.4. The summed E-state index contributed by atoms with van der Waals surface area (Å²) in [6.07, 6.45) is 1.97. The predicted octanol–water partition coefficient (Wildman–Crippen LogP) is 5.09. The number of ether oxygens (including phenoxy) is 1. The molecular weight excluding hydrogens is 374 g/mol. The number of carbonyl (C=O) groups excluding carboxylic acids is 1. The van der Waals surface area contributed by atoms with Crippen LogP contribution in [0.4, 0.5) is 5.69 Å². The van der Waals surface area contributed by atoms with Crippen LogP contribution in [0.5, 0.6) is 5.75 Å². The molecule has 2 rings (SSSR count). The number of thioether (sulfide) groups is 1. The lowest BCUT2D eigenvalue weighted by molar-refractivity contribution is 0.102. The van der Waals surface area contributed by atoms with Crippen molar-refractivity contribution in [3.8, 4) is 5.75 Å². The molecule has 1 N–H and O–H groups in total. The van der Waals surface area contributed by atoms with Gasteiger partial charge in [0.05, 0.1) is 17.7 Å². The van der Waals surface area contributed by atoms with Gasteiger partial charge in [0.1, 0.15) is 5.75 Å². The summed E-state index contributed by atoms with van der Waals surface area (Å²) in [5.41, 5.74) is 1.11. The topological polar surface area (TPSA) is 38.3 Å². The summed E-state index contributed by atoms with van der Waals surface area (Å²) in [4.78, 5) is 13.4. The number of carbonyl (C=O) groups is 1. The molecule has 21 heavy (non-hydrogen) atoms. The molecule has 0 spiro atoms. The lowest BCUT2D eigenvalue weighted by Gasteiger charge is -2.11. The van der Waals surface area contributed by atoms with E-state index in [1.54, 1.807) is 43.1 Å². The van der Waals surface area contributed by atoms with Gasteiger partial charge in [-0.2, -0.15) is 0 Å². The van der Waals surface area contributed by atoms with Gasteiger partial charge in [0.25, 0.3) is 5.91 Å². The fourth-order valence-electron chi connectivity index (χ4n) is 1.76. The Labute approximate surface area is 141 Å². The first-order chi connectivity index (χ1) is 10.0. The SMILES string of the molecule is COc1cc(SC)ccc1C(=O)Nc1ccc(Br)c(Cl)c1. The zero-order valence-corrected chi connectivity index (χ0v) is 14.6. The molecule has 2 aromatic carbocycles. The average Bonchev–Trinajstić information content (AvgIpc) is 2.50. The van der Waals surface area contributed by atoms with Crippen molar-refractivity contribution in [1.29, 1.82) is 0 Å². The molecule has 0 aromatic heterocycles. The smallest absolute Gasteiger partial charge is 0.259 e. The summed E-state index contributed by atoms with van der Waals surface area (Å²) in [5.74, 6) is 0.306. The number of hydrogen-bond acceptors (Lipinski definition) is 3. The van der Waals surface area contributed by atoms with E-state index in [0.29, 0.717) is 22.0 Å². The molecule has 0 bridgehead atoms. The van der Waals surface area contributed by atoms with Gasteiger partial charge >= 0.3 is 0 Å². The number of anilines is 1. The zero-order valence-electron chi connectivity index (χ0n) is 11.4. The van der Waals surface area contributed by atoms with E-state index in [2.05, 4.69) is 21.2 Å². The minimum absolute atomic E-state index is 0.238. The molecule has 0 heterocycles. The molecule has 1 amide bonds. The second-order valence-corrected chi connectivity index (χ2v) is 6.29. The van der Waals surface area contributed by atoms with E-state index < -0.39 is 0 Å². The van der Waals surface area contributed by atoms with Crippen LogP contribution in [0.2, 0.25) is 5.02 Å². The van der Waals surface area contributed by atoms with Crippen LogP contribution in [0.3, 0.4) is 0 Å². The fraction of sp³-hybridized carbons (Fsp3) is 0.133. The van der Waals surface area contributed by atoms with E-state index in [1.807, 2.05) is 18.4 Å². The first kappa shape index (κ1) is 16.2. The molecule has 6 heteroatoms. The molecule has 0 saturated heterocycles. The first-order valence-electron chi connectivity index (χ1n) is 6.03. The Morgan fingerprint density at radius 1 is 1.29 bits per heavy atom. The number of amides is 1. The summed E-state index contributed by atoms with van der Waals surface area (Å²) in [7, 11) is 1.55. The molecule has 3 nitrogen and oxygen atoms in total. The van der Waals surface area contributed by atoms with Crippen LogP contribution >= 0.6 is 39.3 Å². The number of nitrogens with one attached hydrogen (secondary N) is 1. The number of halogens is 2. The Bertz CT molecular complexity index is 679. The van der Waals surface area contributed by atoms with Crippen LogP contribution in [0, 0.1) is 0 Å². The maximum absolute atomic E-state index is 12.3. The Hall–Kier alpha value is -1.17. The number of rotatable bonds is 4. The minimum atomic E-state index is -0.238. The highest BCUT2D eigenvalue weighted by atomic mass is 79.9. The fourth-order valence-corrected chi connectivity index (χ4v) is 2.61. The Balaban J connectivity index is 2.25. The second kappa shape index (κ2) is 7.20. The summed E-state index contributed by atoms with van der Waals surface area (Å²) in [6, 6.07) is 10.7. The van der Waals surface area contributed by atoms with Crippen molar-refractivity contribution in [3.05, 3.63) is 51.5 Å². The number of methoxy groups -OCH3 is 1. The summed E-state index contributed by atoms with van der Waals surface area (Å²) in [6.45, 7) is 0. The van der Waals surface area contributed by atoms with Gasteiger partial charge in [-0.1, -0.05) is 11.6 Å². The molecule has 0 aliphatic heterocycles. The summed E-state index contributed by atoms with van der Waals surface area (Å²) in [5, 5.41) is 3.35. The molecule has 0 aliphatic rings.